The maximum atomic E-state index is 5.80. The third-order valence-corrected chi connectivity index (χ3v) is 2.91. The number of rotatable bonds is 2. The summed E-state index contributed by atoms with van der Waals surface area (Å²) in [6, 6.07) is 14.6. The largest absolute Gasteiger partial charge is 0.332 e. The molecule has 0 fully saturated rings. The Hall–Kier alpha value is -1.29. The molecule has 0 amide bonds. The van der Waals surface area contributed by atoms with Crippen LogP contribution in [0.2, 0.25) is 10.0 Å². The first-order valence-electron chi connectivity index (χ1n) is 5.22. The van der Waals surface area contributed by atoms with Gasteiger partial charge >= 0.3 is 0 Å². The van der Waals surface area contributed by atoms with E-state index in [1.54, 1.807) is 24.3 Å². The Labute approximate surface area is 121 Å². The Kier molecular flexibility index (Phi) is 4.42. The predicted molar refractivity (Wildman–Crippen MR) is 82.7 cm³/mol. The fourth-order valence-electron chi connectivity index (χ4n) is 1.36. The normalized spacial score (nSPS) is 9.89. The quantitative estimate of drug-likeness (QED) is 0.778. The Morgan fingerprint density at radius 1 is 0.722 bits per heavy atom. The highest BCUT2D eigenvalue weighted by Gasteiger charge is 1.99. The van der Waals surface area contributed by atoms with E-state index in [-0.39, 0.29) is 0 Å². The van der Waals surface area contributed by atoms with Crippen molar-refractivity contribution in [1.29, 1.82) is 0 Å². The lowest BCUT2D eigenvalue weighted by Gasteiger charge is -2.10. The summed E-state index contributed by atoms with van der Waals surface area (Å²) in [6.45, 7) is 0. The summed E-state index contributed by atoms with van der Waals surface area (Å²) in [5, 5.41) is 8.02. The van der Waals surface area contributed by atoms with Gasteiger partial charge in [0.05, 0.1) is 0 Å². The van der Waals surface area contributed by atoms with Crippen LogP contribution < -0.4 is 10.6 Å². The summed E-state index contributed by atoms with van der Waals surface area (Å²) in [6.07, 6.45) is 0. The van der Waals surface area contributed by atoms with Crippen molar-refractivity contribution in [2.75, 3.05) is 10.6 Å². The van der Waals surface area contributed by atoms with Crippen LogP contribution >= 0.6 is 35.4 Å². The molecular weight excluding hydrogens is 287 g/mol. The molecule has 0 radical (unpaired) electrons. The summed E-state index contributed by atoms with van der Waals surface area (Å²) in [5.74, 6) is 0. The van der Waals surface area contributed by atoms with Crippen molar-refractivity contribution in [3.05, 3.63) is 58.6 Å². The number of nitrogens with one attached hydrogen (secondary N) is 2. The van der Waals surface area contributed by atoms with Crippen LogP contribution in [-0.4, -0.2) is 5.11 Å². The zero-order valence-electron chi connectivity index (χ0n) is 9.28. The molecule has 0 aliphatic carbocycles. The summed E-state index contributed by atoms with van der Waals surface area (Å²) in [5.41, 5.74) is 1.76. The van der Waals surface area contributed by atoms with Gasteiger partial charge in [0.2, 0.25) is 0 Å². The Morgan fingerprint density at radius 2 is 1.06 bits per heavy atom. The molecule has 2 aromatic rings. The first-order chi connectivity index (χ1) is 8.63. The molecule has 0 saturated heterocycles. The van der Waals surface area contributed by atoms with Gasteiger partial charge in [-0.2, -0.15) is 0 Å². The van der Waals surface area contributed by atoms with Crippen LogP contribution in [-0.2, 0) is 0 Å². The zero-order chi connectivity index (χ0) is 13.0. The fraction of sp³-hybridized carbons (Fsp3) is 0. The third kappa shape index (κ3) is 3.88. The van der Waals surface area contributed by atoms with Crippen LogP contribution in [0.4, 0.5) is 11.4 Å². The SMILES string of the molecule is S=C(Nc1ccc(Cl)cc1)Nc1ccc(Cl)cc1. The first kappa shape index (κ1) is 13.1. The topological polar surface area (TPSA) is 24.1 Å². The van der Waals surface area contributed by atoms with Crippen LogP contribution in [0.5, 0.6) is 0 Å². The second-order valence-corrected chi connectivity index (χ2v) is 4.87. The highest BCUT2D eigenvalue weighted by atomic mass is 35.5. The molecule has 0 heterocycles. The summed E-state index contributed by atoms with van der Waals surface area (Å²) in [4.78, 5) is 0. The molecule has 2 nitrogen and oxygen atoms in total. The summed E-state index contributed by atoms with van der Waals surface area (Å²) < 4.78 is 0. The number of anilines is 2. The van der Waals surface area contributed by atoms with E-state index >= 15 is 0 Å². The molecule has 0 spiro atoms. The number of hydrogen-bond donors (Lipinski definition) is 2. The van der Waals surface area contributed by atoms with Crippen LogP contribution in [0, 0.1) is 0 Å². The van der Waals surface area contributed by atoms with E-state index in [0.29, 0.717) is 15.2 Å². The van der Waals surface area contributed by atoms with Crippen molar-refractivity contribution < 1.29 is 0 Å². The molecule has 2 aromatic carbocycles. The van der Waals surface area contributed by atoms with Crippen molar-refractivity contribution >= 4 is 51.9 Å². The highest BCUT2D eigenvalue weighted by Crippen LogP contribution is 2.15. The van der Waals surface area contributed by atoms with Gasteiger partial charge in [0.15, 0.2) is 5.11 Å². The van der Waals surface area contributed by atoms with Gasteiger partial charge in [0.25, 0.3) is 0 Å². The molecular formula is C13H10Cl2N2S. The van der Waals surface area contributed by atoms with Crippen molar-refractivity contribution in [1.82, 2.24) is 0 Å². The van der Waals surface area contributed by atoms with Crippen LogP contribution in [0.1, 0.15) is 0 Å². The predicted octanol–water partition coefficient (Wildman–Crippen LogP) is 4.80. The van der Waals surface area contributed by atoms with E-state index < -0.39 is 0 Å². The van der Waals surface area contributed by atoms with E-state index in [1.165, 1.54) is 0 Å². The molecule has 5 heteroatoms. The van der Waals surface area contributed by atoms with Crippen LogP contribution in [0.15, 0.2) is 48.5 Å². The van der Waals surface area contributed by atoms with Crippen molar-refractivity contribution in [3.63, 3.8) is 0 Å². The highest BCUT2D eigenvalue weighted by molar-refractivity contribution is 7.80. The van der Waals surface area contributed by atoms with Gasteiger partial charge in [0.1, 0.15) is 0 Å². The van der Waals surface area contributed by atoms with E-state index in [1.807, 2.05) is 24.3 Å². The molecule has 18 heavy (non-hydrogen) atoms. The molecule has 0 unspecified atom stereocenters. The van der Waals surface area contributed by atoms with Crippen LogP contribution in [0.3, 0.4) is 0 Å². The number of benzene rings is 2. The Bertz CT molecular complexity index is 488. The molecule has 0 aliphatic heterocycles. The average molecular weight is 297 g/mol. The molecule has 2 rings (SSSR count). The molecule has 2 N–H and O–H groups in total. The lowest BCUT2D eigenvalue weighted by molar-refractivity contribution is 1.59. The molecule has 0 bridgehead atoms. The van der Waals surface area contributed by atoms with Gasteiger partial charge in [-0.1, -0.05) is 23.2 Å². The lowest BCUT2D eigenvalue weighted by atomic mass is 10.3. The van der Waals surface area contributed by atoms with Gasteiger partial charge in [-0.05, 0) is 60.7 Å². The van der Waals surface area contributed by atoms with E-state index in [4.69, 9.17) is 35.4 Å². The van der Waals surface area contributed by atoms with Crippen LogP contribution in [0.25, 0.3) is 0 Å². The van der Waals surface area contributed by atoms with Gasteiger partial charge in [-0.15, -0.1) is 0 Å². The smallest absolute Gasteiger partial charge is 0.175 e. The number of thiocarbonyl (C=S) groups is 1. The minimum atomic E-state index is 0.514. The fourth-order valence-corrected chi connectivity index (χ4v) is 1.85. The second-order valence-electron chi connectivity index (χ2n) is 3.59. The first-order valence-corrected chi connectivity index (χ1v) is 6.39. The summed E-state index contributed by atoms with van der Waals surface area (Å²) >= 11 is 16.8. The zero-order valence-corrected chi connectivity index (χ0v) is 11.6. The Balaban J connectivity index is 1.96. The molecule has 0 saturated carbocycles. The monoisotopic (exact) mass is 296 g/mol. The molecule has 0 atom stereocenters. The summed E-state index contributed by atoms with van der Waals surface area (Å²) in [7, 11) is 0. The average Bonchev–Trinajstić information content (AvgIpc) is 2.35. The van der Waals surface area contributed by atoms with E-state index in [2.05, 4.69) is 10.6 Å². The minimum absolute atomic E-state index is 0.514. The third-order valence-electron chi connectivity index (χ3n) is 2.20. The lowest BCUT2D eigenvalue weighted by Crippen LogP contribution is -2.18. The number of halogens is 2. The molecule has 92 valence electrons. The van der Waals surface area contributed by atoms with E-state index in [0.717, 1.165) is 11.4 Å². The maximum absolute atomic E-state index is 5.80. The minimum Gasteiger partial charge on any atom is -0.332 e. The molecule has 0 aromatic heterocycles. The van der Waals surface area contributed by atoms with Crippen molar-refractivity contribution in [2.24, 2.45) is 0 Å². The van der Waals surface area contributed by atoms with Gasteiger partial charge in [0, 0.05) is 21.4 Å². The van der Waals surface area contributed by atoms with Gasteiger partial charge < -0.3 is 10.6 Å². The van der Waals surface area contributed by atoms with E-state index in [9.17, 15) is 0 Å². The second kappa shape index (κ2) is 6.05. The van der Waals surface area contributed by atoms with Crippen molar-refractivity contribution in [3.8, 4) is 0 Å². The standard InChI is InChI=1S/C13H10Cl2N2S/c14-9-1-5-11(6-2-9)16-13(18)17-12-7-3-10(15)4-8-12/h1-8H,(H2,16,17,18). The van der Waals surface area contributed by atoms with Crippen molar-refractivity contribution in [2.45, 2.75) is 0 Å². The maximum Gasteiger partial charge on any atom is 0.175 e. The number of hydrogen-bond acceptors (Lipinski definition) is 1. The molecule has 0 aliphatic rings. The van der Waals surface area contributed by atoms with Gasteiger partial charge in [-0.25, -0.2) is 0 Å². The Morgan fingerprint density at radius 3 is 1.39 bits per heavy atom. The van der Waals surface area contributed by atoms with Gasteiger partial charge in [-0.3, -0.25) is 0 Å².